The van der Waals surface area contributed by atoms with Crippen molar-refractivity contribution in [2.75, 3.05) is 11.9 Å². The van der Waals surface area contributed by atoms with E-state index in [9.17, 15) is 9.59 Å². The van der Waals surface area contributed by atoms with E-state index in [4.69, 9.17) is 4.74 Å². The van der Waals surface area contributed by atoms with Gasteiger partial charge in [-0.1, -0.05) is 35.9 Å². The molecule has 1 aromatic heterocycles. The van der Waals surface area contributed by atoms with Gasteiger partial charge in [-0.15, -0.1) is 0 Å². The Balaban J connectivity index is 1.64. The number of nitrogens with one attached hydrogen (secondary N) is 2. The number of carbonyl (C=O) groups is 2. The Kier molecular flexibility index (Phi) is 6.91. The summed E-state index contributed by atoms with van der Waals surface area (Å²) >= 11 is 0. The molecule has 0 aliphatic rings. The van der Waals surface area contributed by atoms with E-state index in [1.165, 1.54) is 16.7 Å². The second-order valence-corrected chi connectivity index (χ2v) is 7.13. The van der Waals surface area contributed by atoms with Gasteiger partial charge in [0, 0.05) is 18.4 Å². The lowest BCUT2D eigenvalue weighted by atomic mass is 10.1. The van der Waals surface area contributed by atoms with E-state index in [0.29, 0.717) is 17.8 Å². The zero-order chi connectivity index (χ0) is 21.5. The molecular weight excluding hydrogens is 378 g/mol. The molecule has 0 bridgehead atoms. The van der Waals surface area contributed by atoms with E-state index >= 15 is 0 Å². The predicted octanol–water partition coefficient (Wildman–Crippen LogP) is 4.65. The van der Waals surface area contributed by atoms with Crippen molar-refractivity contribution in [3.05, 3.63) is 88.7 Å². The molecule has 0 radical (unpaired) electrons. The summed E-state index contributed by atoms with van der Waals surface area (Å²) in [6, 6.07) is 16.8. The van der Waals surface area contributed by atoms with Crippen molar-refractivity contribution in [3.8, 4) is 0 Å². The number of aromatic nitrogens is 1. The van der Waals surface area contributed by atoms with Crippen molar-refractivity contribution in [2.45, 2.75) is 33.9 Å². The second kappa shape index (κ2) is 9.78. The number of rotatable bonds is 7. The number of benzene rings is 2. The van der Waals surface area contributed by atoms with Crippen LogP contribution in [0.4, 0.5) is 10.5 Å². The largest absolute Gasteiger partial charge is 0.462 e. The number of nitrogens with zero attached hydrogens (tertiary/aromatic N) is 1. The summed E-state index contributed by atoms with van der Waals surface area (Å²) in [6.45, 7) is 7.31. The molecule has 0 aliphatic heterocycles. The van der Waals surface area contributed by atoms with Crippen molar-refractivity contribution in [2.24, 2.45) is 0 Å². The number of aryl methyl sites for hydroxylation is 2. The van der Waals surface area contributed by atoms with Crippen LogP contribution in [-0.2, 0) is 17.8 Å². The zero-order valence-electron chi connectivity index (χ0n) is 17.6. The van der Waals surface area contributed by atoms with Crippen molar-refractivity contribution < 1.29 is 14.3 Å². The van der Waals surface area contributed by atoms with Gasteiger partial charge in [0.15, 0.2) is 0 Å². The average molecular weight is 405 g/mol. The van der Waals surface area contributed by atoms with Crippen LogP contribution >= 0.6 is 0 Å². The summed E-state index contributed by atoms with van der Waals surface area (Å²) in [6.07, 6.45) is 2.01. The Morgan fingerprint density at radius 3 is 2.63 bits per heavy atom. The molecule has 0 saturated carbocycles. The summed E-state index contributed by atoms with van der Waals surface area (Å²) in [5.74, 6) is -0.462. The third-order valence-electron chi connectivity index (χ3n) is 4.87. The Morgan fingerprint density at radius 2 is 1.83 bits per heavy atom. The fraction of sp³-hybridized carbons (Fsp3) is 0.250. The Bertz CT molecular complexity index is 1040. The van der Waals surface area contributed by atoms with Gasteiger partial charge in [-0.25, -0.2) is 9.59 Å². The van der Waals surface area contributed by atoms with Crippen molar-refractivity contribution in [1.29, 1.82) is 0 Å². The van der Waals surface area contributed by atoms with Crippen LogP contribution in [0.15, 0.2) is 60.8 Å². The molecule has 0 unspecified atom stereocenters. The summed E-state index contributed by atoms with van der Waals surface area (Å²) in [5.41, 5.74) is 5.45. The first-order valence-corrected chi connectivity index (χ1v) is 9.99. The molecular formula is C24H27N3O3. The molecule has 3 aromatic rings. The van der Waals surface area contributed by atoms with Crippen LogP contribution in [0.5, 0.6) is 0 Å². The third kappa shape index (κ3) is 5.29. The number of amides is 2. The minimum Gasteiger partial charge on any atom is -0.462 e. The fourth-order valence-corrected chi connectivity index (χ4v) is 3.23. The second-order valence-electron chi connectivity index (χ2n) is 7.13. The number of ether oxygens (including phenoxy) is 1. The van der Waals surface area contributed by atoms with Crippen molar-refractivity contribution in [3.63, 3.8) is 0 Å². The topological polar surface area (TPSA) is 72.4 Å². The first-order valence-electron chi connectivity index (χ1n) is 9.99. The van der Waals surface area contributed by atoms with Crippen LogP contribution in [0.25, 0.3) is 0 Å². The van der Waals surface area contributed by atoms with Gasteiger partial charge < -0.3 is 19.9 Å². The first-order chi connectivity index (χ1) is 14.5. The van der Waals surface area contributed by atoms with Gasteiger partial charge in [0.1, 0.15) is 0 Å². The molecule has 156 valence electrons. The molecule has 2 N–H and O–H groups in total. The molecule has 0 atom stereocenters. The van der Waals surface area contributed by atoms with E-state index in [1.807, 2.05) is 18.3 Å². The number of para-hydroxylation sites is 1. The zero-order valence-corrected chi connectivity index (χ0v) is 17.6. The summed E-state index contributed by atoms with van der Waals surface area (Å²) in [4.78, 5) is 24.5. The van der Waals surface area contributed by atoms with Crippen LogP contribution in [-0.4, -0.2) is 23.2 Å². The van der Waals surface area contributed by atoms with Crippen LogP contribution in [0.2, 0.25) is 0 Å². The molecule has 6 heteroatoms. The number of urea groups is 1. The van der Waals surface area contributed by atoms with E-state index in [2.05, 4.69) is 47.2 Å². The van der Waals surface area contributed by atoms with Gasteiger partial charge in [-0.2, -0.15) is 0 Å². The van der Waals surface area contributed by atoms with Gasteiger partial charge in [0.25, 0.3) is 0 Å². The van der Waals surface area contributed by atoms with Gasteiger partial charge in [-0.3, -0.25) is 0 Å². The maximum Gasteiger partial charge on any atom is 0.340 e. The van der Waals surface area contributed by atoms with Gasteiger partial charge >= 0.3 is 12.0 Å². The quantitative estimate of drug-likeness (QED) is 0.562. The van der Waals surface area contributed by atoms with Crippen LogP contribution in [0.3, 0.4) is 0 Å². The number of anilines is 1. The highest BCUT2D eigenvalue weighted by atomic mass is 16.5. The van der Waals surface area contributed by atoms with Crippen LogP contribution in [0, 0.1) is 13.8 Å². The highest BCUT2D eigenvalue weighted by molar-refractivity contribution is 6.00. The minimum absolute atomic E-state index is 0.275. The molecule has 0 saturated heterocycles. The SMILES string of the molecule is CCOC(=O)c1ccccc1NC(=O)NCc1cccn1Cc1cc(C)ccc1C. The molecule has 1 heterocycles. The fourth-order valence-electron chi connectivity index (χ4n) is 3.23. The molecule has 2 aromatic carbocycles. The molecule has 30 heavy (non-hydrogen) atoms. The lowest BCUT2D eigenvalue weighted by Gasteiger charge is -2.14. The average Bonchev–Trinajstić information content (AvgIpc) is 3.17. The lowest BCUT2D eigenvalue weighted by Crippen LogP contribution is -2.30. The molecule has 0 spiro atoms. The molecule has 6 nitrogen and oxygen atoms in total. The third-order valence-corrected chi connectivity index (χ3v) is 4.87. The number of carbonyl (C=O) groups excluding carboxylic acids is 2. The first kappa shape index (κ1) is 21.2. The summed E-state index contributed by atoms with van der Waals surface area (Å²) < 4.78 is 7.17. The molecule has 2 amide bonds. The van der Waals surface area contributed by atoms with Crippen LogP contribution in [0.1, 0.15) is 39.7 Å². The van der Waals surface area contributed by atoms with Crippen molar-refractivity contribution in [1.82, 2.24) is 9.88 Å². The Hall–Kier alpha value is -3.54. The smallest absolute Gasteiger partial charge is 0.340 e. The van der Waals surface area contributed by atoms with Gasteiger partial charge in [-0.05, 0) is 56.2 Å². The molecule has 3 rings (SSSR count). The van der Waals surface area contributed by atoms with Crippen LogP contribution < -0.4 is 10.6 Å². The number of hydrogen-bond acceptors (Lipinski definition) is 3. The number of hydrogen-bond donors (Lipinski definition) is 2. The van der Waals surface area contributed by atoms with E-state index in [0.717, 1.165) is 12.2 Å². The Morgan fingerprint density at radius 1 is 1.03 bits per heavy atom. The molecule has 0 fully saturated rings. The summed E-state index contributed by atoms with van der Waals surface area (Å²) in [7, 11) is 0. The van der Waals surface area contributed by atoms with Gasteiger partial charge in [0.05, 0.1) is 24.4 Å². The monoisotopic (exact) mass is 405 g/mol. The Labute approximate surface area is 176 Å². The van der Waals surface area contributed by atoms with E-state index < -0.39 is 5.97 Å². The van der Waals surface area contributed by atoms with E-state index in [-0.39, 0.29) is 12.6 Å². The highest BCUT2D eigenvalue weighted by Gasteiger charge is 2.14. The highest BCUT2D eigenvalue weighted by Crippen LogP contribution is 2.17. The molecule has 0 aliphatic carbocycles. The maximum atomic E-state index is 12.4. The van der Waals surface area contributed by atoms with Gasteiger partial charge in [0.2, 0.25) is 0 Å². The minimum atomic E-state index is -0.462. The maximum absolute atomic E-state index is 12.4. The normalized spacial score (nSPS) is 10.5. The summed E-state index contributed by atoms with van der Waals surface area (Å²) in [5, 5.41) is 5.60. The predicted molar refractivity (Wildman–Crippen MR) is 118 cm³/mol. The van der Waals surface area contributed by atoms with Crippen molar-refractivity contribution >= 4 is 17.7 Å². The standard InChI is InChI=1S/C24H27N3O3/c1-4-30-23(28)21-9-5-6-10-22(21)26-24(29)25-15-20-8-7-13-27(20)16-19-14-17(2)11-12-18(19)3/h5-14H,4,15-16H2,1-3H3,(H2,25,26,29). The van der Waals surface area contributed by atoms with E-state index in [1.54, 1.807) is 31.2 Å². The number of esters is 1. The lowest BCUT2D eigenvalue weighted by molar-refractivity contribution is 0.0527.